The minimum absolute atomic E-state index is 0.245. The zero-order valence-corrected chi connectivity index (χ0v) is 13.8. The Hall–Kier alpha value is -3.41. The summed E-state index contributed by atoms with van der Waals surface area (Å²) < 4.78 is 3.41. The van der Waals surface area contributed by atoms with Gasteiger partial charge in [0, 0.05) is 19.4 Å². The summed E-state index contributed by atoms with van der Waals surface area (Å²) in [5, 5.41) is 13.7. The summed E-state index contributed by atoms with van der Waals surface area (Å²) in [7, 11) is 1.78. The van der Waals surface area contributed by atoms with Gasteiger partial charge in [-0.05, 0) is 22.4 Å². The summed E-state index contributed by atoms with van der Waals surface area (Å²) in [6.45, 7) is 0.640. The molecule has 0 atom stereocenters. The van der Waals surface area contributed by atoms with Crippen molar-refractivity contribution in [2.45, 2.75) is 6.54 Å². The molecule has 0 unspecified atom stereocenters. The molecule has 25 heavy (non-hydrogen) atoms. The highest BCUT2D eigenvalue weighted by Crippen LogP contribution is 2.19. The summed E-state index contributed by atoms with van der Waals surface area (Å²) in [5.74, 6) is -0.245. The van der Waals surface area contributed by atoms with Crippen LogP contribution < -0.4 is 5.32 Å². The number of rotatable bonds is 4. The minimum atomic E-state index is -0.245. The van der Waals surface area contributed by atoms with Crippen LogP contribution in [0.2, 0.25) is 0 Å². The van der Waals surface area contributed by atoms with Gasteiger partial charge < -0.3 is 5.32 Å². The van der Waals surface area contributed by atoms with Crippen molar-refractivity contribution >= 4 is 22.4 Å². The van der Waals surface area contributed by atoms with E-state index in [9.17, 15) is 4.79 Å². The van der Waals surface area contributed by atoms with Crippen molar-refractivity contribution in [3.63, 3.8) is 0 Å². The molecule has 0 aliphatic heterocycles. The van der Waals surface area contributed by atoms with E-state index in [2.05, 4.69) is 39.8 Å². The molecule has 124 valence electrons. The van der Waals surface area contributed by atoms with Crippen LogP contribution in [0.3, 0.4) is 0 Å². The quantitative estimate of drug-likeness (QED) is 0.625. The fourth-order valence-electron chi connectivity index (χ4n) is 2.85. The maximum atomic E-state index is 12.1. The van der Waals surface area contributed by atoms with Crippen LogP contribution in [0, 0.1) is 0 Å². The largest absolute Gasteiger partial charge is 0.318 e. The van der Waals surface area contributed by atoms with Crippen LogP contribution in [0.15, 0.2) is 67.1 Å². The molecule has 0 fully saturated rings. The Morgan fingerprint density at radius 1 is 1.12 bits per heavy atom. The number of aromatic nitrogens is 4. The number of amides is 1. The molecule has 0 spiro atoms. The lowest BCUT2D eigenvalue weighted by molar-refractivity contribution is 0.102. The van der Waals surface area contributed by atoms with Crippen molar-refractivity contribution in [1.82, 2.24) is 19.6 Å². The lowest BCUT2D eigenvalue weighted by Gasteiger charge is -2.06. The van der Waals surface area contributed by atoms with Crippen molar-refractivity contribution in [3.8, 4) is 0 Å². The third-order valence-corrected chi connectivity index (χ3v) is 4.05. The number of hydrogen-bond acceptors (Lipinski definition) is 3. The molecule has 0 saturated heterocycles. The van der Waals surface area contributed by atoms with Gasteiger partial charge in [-0.1, -0.05) is 42.5 Å². The van der Waals surface area contributed by atoms with Gasteiger partial charge in [-0.15, -0.1) is 0 Å². The minimum Gasteiger partial charge on any atom is -0.318 e. The van der Waals surface area contributed by atoms with Gasteiger partial charge in [0.05, 0.1) is 18.4 Å². The third kappa shape index (κ3) is 3.14. The van der Waals surface area contributed by atoms with E-state index in [1.165, 1.54) is 16.3 Å². The topological polar surface area (TPSA) is 64.7 Å². The summed E-state index contributed by atoms with van der Waals surface area (Å²) in [6, 6.07) is 16.2. The standard InChI is InChI=1S/C19H17N5O/c1-23-10-9-18(22-23)19(25)21-16-11-20-24(13-16)12-15-7-4-6-14-5-2-3-8-17(14)15/h2-11,13H,12H2,1H3,(H,21,25). The van der Waals surface area contributed by atoms with Gasteiger partial charge in [-0.25, -0.2) is 0 Å². The number of fused-ring (bicyclic) bond motifs is 1. The highest BCUT2D eigenvalue weighted by Gasteiger charge is 2.10. The Balaban J connectivity index is 1.52. The van der Waals surface area contributed by atoms with Crippen LogP contribution in [0.1, 0.15) is 16.1 Å². The Labute approximate surface area is 144 Å². The normalized spacial score (nSPS) is 10.9. The molecule has 4 aromatic rings. The lowest BCUT2D eigenvalue weighted by Crippen LogP contribution is -2.12. The van der Waals surface area contributed by atoms with E-state index in [4.69, 9.17) is 0 Å². The molecule has 0 radical (unpaired) electrons. The molecule has 6 nitrogen and oxygen atoms in total. The van der Waals surface area contributed by atoms with Crippen molar-refractivity contribution in [3.05, 3.63) is 78.4 Å². The molecule has 0 bridgehead atoms. The Morgan fingerprint density at radius 3 is 2.80 bits per heavy atom. The van der Waals surface area contributed by atoms with E-state index >= 15 is 0 Å². The molecule has 4 rings (SSSR count). The van der Waals surface area contributed by atoms with Crippen molar-refractivity contribution in [2.75, 3.05) is 5.32 Å². The molecule has 2 aromatic carbocycles. The van der Waals surface area contributed by atoms with E-state index in [-0.39, 0.29) is 5.91 Å². The second kappa shape index (κ2) is 6.24. The SMILES string of the molecule is Cn1ccc(C(=O)Nc2cnn(Cc3cccc4ccccc34)c2)n1. The van der Waals surface area contributed by atoms with Gasteiger partial charge in [0.2, 0.25) is 0 Å². The summed E-state index contributed by atoms with van der Waals surface area (Å²) in [4.78, 5) is 12.1. The van der Waals surface area contributed by atoms with Crippen molar-refractivity contribution in [1.29, 1.82) is 0 Å². The number of nitrogens with one attached hydrogen (secondary N) is 1. The number of benzene rings is 2. The Bertz CT molecular complexity index is 1040. The number of aryl methyl sites for hydroxylation is 1. The molecule has 0 aliphatic rings. The predicted octanol–water partition coefficient (Wildman–Crippen LogP) is 3.07. The predicted molar refractivity (Wildman–Crippen MR) is 96.4 cm³/mol. The number of nitrogens with zero attached hydrogens (tertiary/aromatic N) is 4. The van der Waals surface area contributed by atoms with E-state index in [1.807, 2.05) is 29.1 Å². The van der Waals surface area contributed by atoms with Gasteiger partial charge in [-0.2, -0.15) is 10.2 Å². The average molecular weight is 331 g/mol. The second-order valence-electron chi connectivity index (χ2n) is 5.89. The molecule has 6 heteroatoms. The van der Waals surface area contributed by atoms with Gasteiger partial charge in [-0.3, -0.25) is 14.2 Å². The van der Waals surface area contributed by atoms with Crippen LogP contribution in [0.25, 0.3) is 10.8 Å². The number of anilines is 1. The Kier molecular flexibility index (Phi) is 3.78. The summed E-state index contributed by atoms with van der Waals surface area (Å²) in [6.07, 6.45) is 5.20. The number of carbonyl (C=O) groups excluding carboxylic acids is 1. The first-order chi connectivity index (χ1) is 12.2. The van der Waals surface area contributed by atoms with Crippen LogP contribution >= 0.6 is 0 Å². The highest BCUT2D eigenvalue weighted by atomic mass is 16.2. The first-order valence-corrected chi connectivity index (χ1v) is 7.99. The van der Waals surface area contributed by atoms with Gasteiger partial charge in [0.25, 0.3) is 5.91 Å². The summed E-state index contributed by atoms with van der Waals surface area (Å²) >= 11 is 0. The second-order valence-corrected chi connectivity index (χ2v) is 5.89. The molecular weight excluding hydrogens is 314 g/mol. The molecule has 2 aromatic heterocycles. The maximum absolute atomic E-state index is 12.1. The van der Waals surface area contributed by atoms with Crippen LogP contribution in [-0.2, 0) is 13.6 Å². The van der Waals surface area contributed by atoms with Gasteiger partial charge >= 0.3 is 0 Å². The first-order valence-electron chi connectivity index (χ1n) is 7.99. The lowest BCUT2D eigenvalue weighted by atomic mass is 10.0. The third-order valence-electron chi connectivity index (χ3n) is 4.05. The zero-order valence-electron chi connectivity index (χ0n) is 13.8. The van der Waals surface area contributed by atoms with Crippen LogP contribution in [-0.4, -0.2) is 25.5 Å². The van der Waals surface area contributed by atoms with E-state index in [0.29, 0.717) is 17.9 Å². The molecule has 2 heterocycles. The molecule has 1 amide bonds. The zero-order chi connectivity index (χ0) is 17.2. The first kappa shape index (κ1) is 15.1. The van der Waals surface area contributed by atoms with Gasteiger partial charge in [0.1, 0.15) is 0 Å². The fourth-order valence-corrected chi connectivity index (χ4v) is 2.85. The monoisotopic (exact) mass is 331 g/mol. The molecule has 1 N–H and O–H groups in total. The maximum Gasteiger partial charge on any atom is 0.276 e. The van der Waals surface area contributed by atoms with Crippen molar-refractivity contribution in [2.24, 2.45) is 7.05 Å². The van der Waals surface area contributed by atoms with Crippen LogP contribution in [0.5, 0.6) is 0 Å². The number of carbonyl (C=O) groups is 1. The van der Waals surface area contributed by atoms with Crippen LogP contribution in [0.4, 0.5) is 5.69 Å². The van der Waals surface area contributed by atoms with Crippen molar-refractivity contribution < 1.29 is 4.79 Å². The average Bonchev–Trinajstić information content (AvgIpc) is 3.24. The van der Waals surface area contributed by atoms with E-state index in [1.54, 1.807) is 30.2 Å². The molecular formula is C19H17N5O. The highest BCUT2D eigenvalue weighted by molar-refractivity contribution is 6.02. The Morgan fingerprint density at radius 2 is 1.96 bits per heavy atom. The van der Waals surface area contributed by atoms with E-state index in [0.717, 1.165) is 0 Å². The van der Waals surface area contributed by atoms with E-state index < -0.39 is 0 Å². The smallest absolute Gasteiger partial charge is 0.276 e. The number of hydrogen-bond donors (Lipinski definition) is 1. The fraction of sp³-hybridized carbons (Fsp3) is 0.105. The summed E-state index contributed by atoms with van der Waals surface area (Å²) in [5.41, 5.74) is 2.21. The molecule has 0 aliphatic carbocycles. The van der Waals surface area contributed by atoms with Gasteiger partial charge in [0.15, 0.2) is 5.69 Å². The molecule has 0 saturated carbocycles.